The largest absolute Gasteiger partial charge is 0.324 e. The molecule has 1 spiro atoms. The molecule has 16 heavy (non-hydrogen) atoms. The van der Waals surface area contributed by atoms with Gasteiger partial charge in [0.05, 0.1) is 11.7 Å². The molecule has 1 aliphatic carbocycles. The summed E-state index contributed by atoms with van der Waals surface area (Å²) in [6, 6.07) is 0. The van der Waals surface area contributed by atoms with Crippen LogP contribution in [0.25, 0.3) is 0 Å². The third kappa shape index (κ3) is 1.96. The molecular weight excluding hydrogens is 202 g/mol. The van der Waals surface area contributed by atoms with Crippen LogP contribution in [0.2, 0.25) is 0 Å². The zero-order valence-corrected chi connectivity index (χ0v) is 10.6. The van der Waals surface area contributed by atoms with E-state index in [4.69, 9.17) is 0 Å². The van der Waals surface area contributed by atoms with Gasteiger partial charge in [-0.3, -0.25) is 10.1 Å². The molecule has 0 bridgehead atoms. The number of rotatable bonds is 5. The Morgan fingerprint density at radius 1 is 1.50 bits per heavy atom. The summed E-state index contributed by atoms with van der Waals surface area (Å²) in [5, 5.41) is 3.49. The maximum absolute atomic E-state index is 12.2. The Bertz CT molecular complexity index is 275. The van der Waals surface area contributed by atoms with Crippen molar-refractivity contribution in [2.75, 3.05) is 26.7 Å². The minimum atomic E-state index is -0.147. The fourth-order valence-electron chi connectivity index (χ4n) is 2.37. The van der Waals surface area contributed by atoms with Crippen molar-refractivity contribution in [1.82, 2.24) is 15.1 Å². The second-order valence-corrected chi connectivity index (χ2v) is 5.04. The van der Waals surface area contributed by atoms with E-state index in [1.165, 1.54) is 0 Å². The summed E-state index contributed by atoms with van der Waals surface area (Å²) < 4.78 is 0. The van der Waals surface area contributed by atoms with Crippen LogP contribution in [0.5, 0.6) is 0 Å². The zero-order chi connectivity index (χ0) is 11.8. The summed E-state index contributed by atoms with van der Waals surface area (Å²) in [5.74, 6) is 0.337. The van der Waals surface area contributed by atoms with E-state index in [2.05, 4.69) is 31.1 Å². The lowest BCUT2D eigenvalue weighted by Crippen LogP contribution is -2.41. The van der Waals surface area contributed by atoms with Crippen LogP contribution in [0.3, 0.4) is 0 Å². The average Bonchev–Trinajstić information content (AvgIpc) is 3.02. The van der Waals surface area contributed by atoms with E-state index in [9.17, 15) is 4.79 Å². The Kier molecular flexibility index (Phi) is 3.22. The van der Waals surface area contributed by atoms with Crippen LogP contribution < -0.4 is 5.32 Å². The van der Waals surface area contributed by atoms with Crippen molar-refractivity contribution in [2.45, 2.75) is 44.8 Å². The van der Waals surface area contributed by atoms with Crippen LogP contribution in [0, 0.1) is 0 Å². The van der Waals surface area contributed by atoms with E-state index in [0.717, 1.165) is 38.9 Å². The highest BCUT2D eigenvalue weighted by Crippen LogP contribution is 2.42. The van der Waals surface area contributed by atoms with Crippen LogP contribution in [0.1, 0.15) is 33.1 Å². The van der Waals surface area contributed by atoms with Gasteiger partial charge in [-0.1, -0.05) is 13.8 Å². The predicted molar refractivity (Wildman–Crippen MR) is 64.1 cm³/mol. The normalized spacial score (nSPS) is 27.1. The standard InChI is InChI=1S/C12H23N3O/c1-4-10-13-12(6-7-12)11(16)15(10)9-8-14(3)5-2/h10,13H,4-9H2,1-3H3. The molecule has 0 aromatic carbocycles. The van der Waals surface area contributed by atoms with Gasteiger partial charge in [-0.05, 0) is 32.9 Å². The number of carbonyl (C=O) groups excluding carboxylic acids is 1. The SMILES string of the molecule is CCC1NC2(CC2)C(=O)N1CCN(C)CC. The molecular formula is C12H23N3O. The van der Waals surface area contributed by atoms with Crippen LogP contribution in [-0.4, -0.2) is 54.1 Å². The molecule has 1 saturated heterocycles. The van der Waals surface area contributed by atoms with Gasteiger partial charge >= 0.3 is 0 Å². The molecule has 1 atom stereocenters. The van der Waals surface area contributed by atoms with Crippen LogP contribution >= 0.6 is 0 Å². The van der Waals surface area contributed by atoms with E-state index >= 15 is 0 Å². The maximum Gasteiger partial charge on any atom is 0.244 e. The zero-order valence-electron chi connectivity index (χ0n) is 10.6. The Hall–Kier alpha value is -0.610. The lowest BCUT2D eigenvalue weighted by Gasteiger charge is -2.25. The first-order chi connectivity index (χ1) is 7.63. The molecule has 1 unspecified atom stereocenters. The molecule has 1 aliphatic heterocycles. The predicted octanol–water partition coefficient (Wildman–Crippen LogP) is 0.639. The Labute approximate surface area is 98.0 Å². The number of likely N-dealkylation sites (N-methyl/N-ethyl adjacent to an activating group) is 1. The monoisotopic (exact) mass is 225 g/mol. The molecule has 2 aliphatic rings. The van der Waals surface area contributed by atoms with Gasteiger partial charge in [-0.25, -0.2) is 0 Å². The first kappa shape index (κ1) is 11.9. The van der Waals surface area contributed by atoms with E-state index in [1.54, 1.807) is 0 Å². The Morgan fingerprint density at radius 2 is 2.19 bits per heavy atom. The van der Waals surface area contributed by atoms with E-state index in [1.807, 2.05) is 4.90 Å². The molecule has 1 heterocycles. The van der Waals surface area contributed by atoms with Crippen molar-refractivity contribution in [3.63, 3.8) is 0 Å². The molecule has 1 saturated carbocycles. The number of carbonyl (C=O) groups is 1. The third-order valence-electron chi connectivity index (χ3n) is 3.89. The molecule has 1 amide bonds. The summed E-state index contributed by atoms with van der Waals surface area (Å²) in [6.45, 7) is 7.15. The van der Waals surface area contributed by atoms with E-state index < -0.39 is 0 Å². The summed E-state index contributed by atoms with van der Waals surface area (Å²) in [6.07, 6.45) is 3.33. The van der Waals surface area contributed by atoms with Gasteiger partial charge in [0.15, 0.2) is 0 Å². The number of hydrogen-bond donors (Lipinski definition) is 1. The van der Waals surface area contributed by atoms with Crippen molar-refractivity contribution in [1.29, 1.82) is 0 Å². The molecule has 1 N–H and O–H groups in total. The van der Waals surface area contributed by atoms with Crippen molar-refractivity contribution in [3.05, 3.63) is 0 Å². The molecule has 0 aromatic heterocycles. The lowest BCUT2D eigenvalue weighted by molar-refractivity contribution is -0.131. The van der Waals surface area contributed by atoms with E-state index in [0.29, 0.717) is 5.91 Å². The van der Waals surface area contributed by atoms with Gasteiger partial charge in [0, 0.05) is 13.1 Å². The first-order valence-corrected chi connectivity index (χ1v) is 6.40. The van der Waals surface area contributed by atoms with Gasteiger partial charge in [-0.15, -0.1) is 0 Å². The summed E-state index contributed by atoms with van der Waals surface area (Å²) >= 11 is 0. The maximum atomic E-state index is 12.2. The van der Waals surface area contributed by atoms with Crippen molar-refractivity contribution in [2.24, 2.45) is 0 Å². The molecule has 2 fully saturated rings. The molecule has 4 nitrogen and oxygen atoms in total. The lowest BCUT2D eigenvalue weighted by atomic mass is 10.3. The van der Waals surface area contributed by atoms with Crippen molar-refractivity contribution in [3.8, 4) is 0 Å². The molecule has 92 valence electrons. The van der Waals surface area contributed by atoms with Crippen molar-refractivity contribution < 1.29 is 4.79 Å². The molecule has 0 aromatic rings. The van der Waals surface area contributed by atoms with Gasteiger partial charge in [0.2, 0.25) is 5.91 Å². The van der Waals surface area contributed by atoms with Crippen LogP contribution in [0.15, 0.2) is 0 Å². The van der Waals surface area contributed by atoms with E-state index in [-0.39, 0.29) is 11.7 Å². The minimum Gasteiger partial charge on any atom is -0.324 e. The quantitative estimate of drug-likeness (QED) is 0.746. The number of nitrogens with one attached hydrogen (secondary N) is 1. The highest BCUT2D eigenvalue weighted by Gasteiger charge is 2.58. The van der Waals surface area contributed by atoms with Gasteiger partial charge < -0.3 is 9.80 Å². The Morgan fingerprint density at radius 3 is 2.69 bits per heavy atom. The van der Waals surface area contributed by atoms with Crippen molar-refractivity contribution >= 4 is 5.91 Å². The Balaban J connectivity index is 1.93. The summed E-state index contributed by atoms with van der Waals surface area (Å²) in [5.41, 5.74) is -0.147. The fraction of sp³-hybridized carbons (Fsp3) is 0.917. The fourth-order valence-corrected chi connectivity index (χ4v) is 2.37. The molecule has 2 rings (SSSR count). The summed E-state index contributed by atoms with van der Waals surface area (Å²) in [4.78, 5) is 16.5. The minimum absolute atomic E-state index is 0.147. The molecule has 0 radical (unpaired) electrons. The van der Waals surface area contributed by atoms with Gasteiger partial charge in [0.25, 0.3) is 0 Å². The number of hydrogen-bond acceptors (Lipinski definition) is 3. The average molecular weight is 225 g/mol. The second kappa shape index (κ2) is 4.34. The van der Waals surface area contributed by atoms with Crippen LogP contribution in [-0.2, 0) is 4.79 Å². The highest BCUT2D eigenvalue weighted by atomic mass is 16.2. The van der Waals surface area contributed by atoms with Crippen LogP contribution in [0.4, 0.5) is 0 Å². The first-order valence-electron chi connectivity index (χ1n) is 6.40. The number of amides is 1. The highest BCUT2D eigenvalue weighted by molar-refractivity contribution is 5.91. The smallest absolute Gasteiger partial charge is 0.244 e. The summed E-state index contributed by atoms with van der Waals surface area (Å²) in [7, 11) is 2.10. The topological polar surface area (TPSA) is 35.6 Å². The molecule has 4 heteroatoms. The van der Waals surface area contributed by atoms with Gasteiger partial charge in [-0.2, -0.15) is 0 Å². The third-order valence-corrected chi connectivity index (χ3v) is 3.89. The number of nitrogens with zero attached hydrogens (tertiary/aromatic N) is 2. The second-order valence-electron chi connectivity index (χ2n) is 5.04. The van der Waals surface area contributed by atoms with Gasteiger partial charge in [0.1, 0.15) is 0 Å².